The highest BCUT2D eigenvalue weighted by Gasteiger charge is 2.20. The van der Waals surface area contributed by atoms with Crippen molar-refractivity contribution >= 4 is 45.9 Å². The molecule has 0 spiro atoms. The van der Waals surface area contributed by atoms with Crippen molar-refractivity contribution in [2.24, 2.45) is 0 Å². The summed E-state index contributed by atoms with van der Waals surface area (Å²) >= 11 is 7.71. The largest absolute Gasteiger partial charge is 0.462 e. The third-order valence-electron chi connectivity index (χ3n) is 4.08. The zero-order chi connectivity index (χ0) is 19.4. The molecule has 5 nitrogen and oxygen atoms in total. The molecule has 0 saturated heterocycles. The summed E-state index contributed by atoms with van der Waals surface area (Å²) in [7, 11) is 0. The Kier molecular flexibility index (Phi) is 6.08. The first kappa shape index (κ1) is 19.3. The maximum absolute atomic E-state index is 12.5. The smallest absolute Gasteiger partial charge is 0.345 e. The normalized spacial score (nSPS) is 10.8. The summed E-state index contributed by atoms with van der Waals surface area (Å²) in [6.45, 7) is 2.35. The Morgan fingerprint density at radius 2 is 1.96 bits per heavy atom. The molecular weight excluding hydrogens is 384 g/mol. The monoisotopic (exact) mass is 402 g/mol. The summed E-state index contributed by atoms with van der Waals surface area (Å²) in [6, 6.07) is 13.2. The minimum absolute atomic E-state index is 0.0348. The SMILES string of the molecule is CCOC(=O)c1c(NCc2ccc(SC)cc2)c2ccc(Cl)cc2[nH]c1=O. The van der Waals surface area contributed by atoms with Gasteiger partial charge in [0.1, 0.15) is 5.56 Å². The van der Waals surface area contributed by atoms with Gasteiger partial charge >= 0.3 is 5.97 Å². The second kappa shape index (κ2) is 8.50. The van der Waals surface area contributed by atoms with E-state index in [2.05, 4.69) is 10.3 Å². The van der Waals surface area contributed by atoms with Gasteiger partial charge in [0, 0.05) is 21.8 Å². The predicted octanol–water partition coefficient (Wildman–Crippen LogP) is 4.69. The molecule has 0 aliphatic rings. The molecule has 0 unspecified atom stereocenters. The van der Waals surface area contributed by atoms with Crippen molar-refractivity contribution in [3.05, 3.63) is 69.0 Å². The first-order chi connectivity index (χ1) is 13.0. The van der Waals surface area contributed by atoms with Crippen LogP contribution >= 0.6 is 23.4 Å². The number of H-pyrrole nitrogens is 1. The Hall–Kier alpha value is -2.44. The van der Waals surface area contributed by atoms with Gasteiger partial charge in [-0.25, -0.2) is 4.79 Å². The number of pyridine rings is 1. The molecule has 140 valence electrons. The van der Waals surface area contributed by atoms with Gasteiger partial charge in [-0.1, -0.05) is 23.7 Å². The van der Waals surface area contributed by atoms with Gasteiger partial charge in [-0.15, -0.1) is 11.8 Å². The summed E-state index contributed by atoms with van der Waals surface area (Å²) in [6.07, 6.45) is 2.02. The van der Waals surface area contributed by atoms with Crippen LogP contribution in [0.4, 0.5) is 5.69 Å². The van der Waals surface area contributed by atoms with Crippen molar-refractivity contribution in [1.82, 2.24) is 4.98 Å². The molecule has 0 radical (unpaired) electrons. The van der Waals surface area contributed by atoms with Crippen molar-refractivity contribution < 1.29 is 9.53 Å². The van der Waals surface area contributed by atoms with Crippen LogP contribution in [-0.2, 0) is 11.3 Å². The molecule has 0 bridgehead atoms. The van der Waals surface area contributed by atoms with E-state index in [4.69, 9.17) is 16.3 Å². The zero-order valence-corrected chi connectivity index (χ0v) is 16.5. The number of halogens is 1. The van der Waals surface area contributed by atoms with Crippen LogP contribution in [0.3, 0.4) is 0 Å². The lowest BCUT2D eigenvalue weighted by Gasteiger charge is -2.14. The molecule has 3 rings (SSSR count). The number of ether oxygens (including phenoxy) is 1. The first-order valence-electron chi connectivity index (χ1n) is 8.43. The fourth-order valence-corrected chi connectivity index (χ4v) is 3.37. The van der Waals surface area contributed by atoms with Crippen LogP contribution in [0, 0.1) is 0 Å². The Morgan fingerprint density at radius 3 is 2.63 bits per heavy atom. The molecular formula is C20H19ClN2O3S. The number of fused-ring (bicyclic) bond motifs is 1. The second-order valence-electron chi connectivity index (χ2n) is 5.82. The maximum Gasteiger partial charge on any atom is 0.345 e. The number of carbonyl (C=O) groups excluding carboxylic acids is 1. The van der Waals surface area contributed by atoms with Crippen LogP contribution in [0.5, 0.6) is 0 Å². The first-order valence-corrected chi connectivity index (χ1v) is 10.0. The average molecular weight is 403 g/mol. The number of nitrogens with one attached hydrogen (secondary N) is 2. The lowest BCUT2D eigenvalue weighted by molar-refractivity contribution is 0.0525. The number of rotatable bonds is 6. The highest BCUT2D eigenvalue weighted by Crippen LogP contribution is 2.27. The lowest BCUT2D eigenvalue weighted by Crippen LogP contribution is -2.23. The van der Waals surface area contributed by atoms with Crippen molar-refractivity contribution in [1.29, 1.82) is 0 Å². The van der Waals surface area contributed by atoms with Gasteiger partial charge in [0.2, 0.25) is 0 Å². The standard InChI is InChI=1S/C20H19ClN2O3S/c1-3-26-20(25)17-18(22-11-12-4-7-14(27-2)8-5-12)15-9-6-13(21)10-16(15)23-19(17)24/h4-10H,3,11H2,1-2H3,(H2,22,23,24). The van der Waals surface area contributed by atoms with Crippen LogP contribution in [0.1, 0.15) is 22.8 Å². The van der Waals surface area contributed by atoms with Crippen LogP contribution in [0.2, 0.25) is 5.02 Å². The summed E-state index contributed by atoms with van der Waals surface area (Å²) in [4.78, 5) is 28.8. The van der Waals surface area contributed by atoms with E-state index in [1.807, 2.05) is 30.5 Å². The van der Waals surface area contributed by atoms with E-state index in [0.29, 0.717) is 28.2 Å². The van der Waals surface area contributed by atoms with Gasteiger partial charge in [0.05, 0.1) is 17.8 Å². The van der Waals surface area contributed by atoms with E-state index in [1.54, 1.807) is 36.9 Å². The summed E-state index contributed by atoms with van der Waals surface area (Å²) in [5.41, 5.74) is 1.49. The van der Waals surface area contributed by atoms with Gasteiger partial charge in [0.15, 0.2) is 0 Å². The van der Waals surface area contributed by atoms with Crippen LogP contribution in [0.25, 0.3) is 10.9 Å². The Morgan fingerprint density at radius 1 is 1.22 bits per heavy atom. The number of esters is 1. The van der Waals surface area contributed by atoms with E-state index in [1.165, 1.54) is 4.90 Å². The van der Waals surface area contributed by atoms with Crippen molar-refractivity contribution in [3.63, 3.8) is 0 Å². The highest BCUT2D eigenvalue weighted by atomic mass is 35.5. The number of carbonyl (C=O) groups is 1. The molecule has 3 aromatic rings. The molecule has 0 fully saturated rings. The van der Waals surface area contributed by atoms with E-state index in [9.17, 15) is 9.59 Å². The van der Waals surface area contributed by atoms with Crippen LogP contribution in [-0.4, -0.2) is 23.8 Å². The molecule has 1 aromatic heterocycles. The van der Waals surface area contributed by atoms with Crippen LogP contribution in [0.15, 0.2) is 52.2 Å². The van der Waals surface area contributed by atoms with Gasteiger partial charge in [-0.2, -0.15) is 0 Å². The van der Waals surface area contributed by atoms with Gasteiger partial charge < -0.3 is 15.0 Å². The number of anilines is 1. The third-order valence-corrected chi connectivity index (χ3v) is 5.06. The summed E-state index contributed by atoms with van der Waals surface area (Å²) in [5.74, 6) is -0.657. The number of aromatic nitrogens is 1. The van der Waals surface area contributed by atoms with Crippen molar-refractivity contribution in [3.8, 4) is 0 Å². The molecule has 27 heavy (non-hydrogen) atoms. The van der Waals surface area contributed by atoms with E-state index in [0.717, 1.165) is 5.56 Å². The molecule has 0 atom stereocenters. The van der Waals surface area contributed by atoms with Crippen molar-refractivity contribution in [2.75, 3.05) is 18.2 Å². The van der Waals surface area contributed by atoms with Crippen LogP contribution < -0.4 is 10.9 Å². The lowest BCUT2D eigenvalue weighted by atomic mass is 10.1. The molecule has 0 saturated carbocycles. The quantitative estimate of drug-likeness (QED) is 0.462. The number of thioether (sulfide) groups is 1. The Balaban J connectivity index is 2.05. The van der Waals surface area contributed by atoms with Gasteiger partial charge in [-0.3, -0.25) is 4.79 Å². The Labute approximate surface area is 166 Å². The number of aromatic amines is 1. The number of hydrogen-bond donors (Lipinski definition) is 2. The molecule has 0 aliphatic heterocycles. The van der Waals surface area contributed by atoms with Crippen molar-refractivity contribution in [2.45, 2.75) is 18.4 Å². The molecule has 2 aromatic carbocycles. The molecule has 0 aliphatic carbocycles. The maximum atomic E-state index is 12.5. The third kappa shape index (κ3) is 4.28. The number of hydrogen-bond acceptors (Lipinski definition) is 5. The molecule has 1 heterocycles. The zero-order valence-electron chi connectivity index (χ0n) is 15.0. The fourth-order valence-electron chi connectivity index (χ4n) is 2.79. The second-order valence-corrected chi connectivity index (χ2v) is 7.13. The minimum atomic E-state index is -0.657. The Bertz CT molecular complexity index is 1030. The fraction of sp³-hybridized carbons (Fsp3) is 0.200. The van der Waals surface area contributed by atoms with E-state index >= 15 is 0 Å². The number of benzene rings is 2. The van der Waals surface area contributed by atoms with E-state index in [-0.39, 0.29) is 12.2 Å². The summed E-state index contributed by atoms with van der Waals surface area (Å²) in [5, 5.41) is 4.44. The average Bonchev–Trinajstić information content (AvgIpc) is 2.66. The topological polar surface area (TPSA) is 71.2 Å². The van der Waals surface area contributed by atoms with Gasteiger partial charge in [-0.05, 0) is 49.1 Å². The molecule has 0 amide bonds. The summed E-state index contributed by atoms with van der Waals surface area (Å²) < 4.78 is 5.08. The minimum Gasteiger partial charge on any atom is -0.462 e. The van der Waals surface area contributed by atoms with Gasteiger partial charge in [0.25, 0.3) is 5.56 Å². The van der Waals surface area contributed by atoms with E-state index < -0.39 is 11.5 Å². The highest BCUT2D eigenvalue weighted by molar-refractivity contribution is 7.98. The molecule has 7 heteroatoms. The predicted molar refractivity (Wildman–Crippen MR) is 111 cm³/mol. The molecule has 2 N–H and O–H groups in total.